The first-order valence-electron chi connectivity index (χ1n) is 9.03. The number of fused-ring (bicyclic) bond motifs is 2. The fourth-order valence-corrected chi connectivity index (χ4v) is 4.33. The Morgan fingerprint density at radius 2 is 1.79 bits per heavy atom. The van der Waals surface area contributed by atoms with Gasteiger partial charge in [0.15, 0.2) is 5.13 Å². The van der Waals surface area contributed by atoms with Gasteiger partial charge in [0.25, 0.3) is 5.91 Å². The molecule has 6 heteroatoms. The number of halogens is 1. The second-order valence-corrected chi connectivity index (χ2v) is 8.38. The SMILES string of the molecule is CN(C)CCN(C(=O)c1ccc2ccccc2c1)c1nc2ccc(Cl)cc2s1. The molecule has 0 saturated heterocycles. The lowest BCUT2D eigenvalue weighted by Crippen LogP contribution is -2.36. The van der Waals surface area contributed by atoms with Crippen LogP contribution in [0.2, 0.25) is 5.02 Å². The molecule has 1 amide bonds. The lowest BCUT2D eigenvalue weighted by atomic mass is 10.1. The zero-order chi connectivity index (χ0) is 19.7. The van der Waals surface area contributed by atoms with Crippen LogP contribution in [-0.2, 0) is 0 Å². The molecule has 0 N–H and O–H groups in total. The van der Waals surface area contributed by atoms with Crippen LogP contribution in [0.3, 0.4) is 0 Å². The minimum Gasteiger partial charge on any atom is -0.308 e. The summed E-state index contributed by atoms with van der Waals surface area (Å²) >= 11 is 7.60. The average Bonchev–Trinajstić information content (AvgIpc) is 3.10. The third-order valence-electron chi connectivity index (χ3n) is 4.58. The van der Waals surface area contributed by atoms with E-state index in [9.17, 15) is 4.79 Å². The van der Waals surface area contributed by atoms with Gasteiger partial charge in [0.1, 0.15) is 0 Å². The van der Waals surface area contributed by atoms with E-state index in [1.807, 2.05) is 74.8 Å². The van der Waals surface area contributed by atoms with Gasteiger partial charge in [-0.1, -0.05) is 53.3 Å². The smallest absolute Gasteiger partial charge is 0.260 e. The Morgan fingerprint density at radius 3 is 2.57 bits per heavy atom. The fourth-order valence-electron chi connectivity index (χ4n) is 3.06. The van der Waals surface area contributed by atoms with Gasteiger partial charge in [0.05, 0.1) is 10.2 Å². The maximum atomic E-state index is 13.4. The maximum absolute atomic E-state index is 13.4. The molecule has 4 rings (SSSR count). The van der Waals surface area contributed by atoms with Crippen LogP contribution in [0.25, 0.3) is 21.0 Å². The van der Waals surface area contributed by atoms with Gasteiger partial charge in [-0.3, -0.25) is 9.69 Å². The summed E-state index contributed by atoms with van der Waals surface area (Å²) in [6, 6.07) is 19.5. The van der Waals surface area contributed by atoms with E-state index >= 15 is 0 Å². The molecule has 0 aliphatic heterocycles. The van der Waals surface area contributed by atoms with E-state index in [2.05, 4.69) is 9.88 Å². The standard InChI is InChI=1S/C22H20ClN3OS/c1-25(2)11-12-26(22-24-19-10-9-18(23)14-20(19)28-22)21(27)17-8-7-15-5-3-4-6-16(15)13-17/h3-10,13-14H,11-12H2,1-2H3. The second-order valence-electron chi connectivity index (χ2n) is 6.93. The molecule has 3 aromatic carbocycles. The summed E-state index contributed by atoms with van der Waals surface area (Å²) in [5, 5.41) is 3.53. The lowest BCUT2D eigenvalue weighted by molar-refractivity contribution is 0.0985. The van der Waals surface area contributed by atoms with Gasteiger partial charge in [0, 0.05) is 23.7 Å². The molecule has 4 aromatic rings. The molecule has 142 valence electrons. The van der Waals surface area contributed by atoms with Crippen molar-refractivity contribution >= 4 is 55.0 Å². The Bertz CT molecular complexity index is 1150. The van der Waals surface area contributed by atoms with Crippen molar-refractivity contribution in [3.63, 3.8) is 0 Å². The molecule has 0 aliphatic rings. The highest BCUT2D eigenvalue weighted by Crippen LogP contribution is 2.31. The summed E-state index contributed by atoms with van der Waals surface area (Å²) in [4.78, 5) is 21.9. The molecule has 0 aliphatic carbocycles. The highest BCUT2D eigenvalue weighted by molar-refractivity contribution is 7.22. The van der Waals surface area contributed by atoms with Crippen molar-refractivity contribution in [2.24, 2.45) is 0 Å². The summed E-state index contributed by atoms with van der Waals surface area (Å²) in [5.41, 5.74) is 1.51. The number of rotatable bonds is 5. The van der Waals surface area contributed by atoms with Crippen LogP contribution >= 0.6 is 22.9 Å². The summed E-state index contributed by atoms with van der Waals surface area (Å²) in [6.45, 7) is 1.31. The quantitative estimate of drug-likeness (QED) is 0.448. The minimum absolute atomic E-state index is 0.0437. The fraction of sp³-hybridized carbons (Fsp3) is 0.182. The van der Waals surface area contributed by atoms with Crippen molar-refractivity contribution in [3.8, 4) is 0 Å². The normalized spacial score (nSPS) is 11.4. The number of anilines is 1. The zero-order valence-electron chi connectivity index (χ0n) is 15.7. The molecule has 0 spiro atoms. The summed E-state index contributed by atoms with van der Waals surface area (Å²) in [7, 11) is 3.99. The average molecular weight is 410 g/mol. The van der Waals surface area contributed by atoms with Crippen LogP contribution < -0.4 is 4.90 Å². The number of carbonyl (C=O) groups is 1. The first-order valence-corrected chi connectivity index (χ1v) is 10.2. The van der Waals surface area contributed by atoms with E-state index < -0.39 is 0 Å². The van der Waals surface area contributed by atoms with Gasteiger partial charge in [-0.15, -0.1) is 0 Å². The maximum Gasteiger partial charge on any atom is 0.260 e. The lowest BCUT2D eigenvalue weighted by Gasteiger charge is -2.22. The van der Waals surface area contributed by atoms with Crippen LogP contribution in [-0.4, -0.2) is 43.0 Å². The molecular weight excluding hydrogens is 390 g/mol. The number of benzene rings is 3. The Hall–Kier alpha value is -2.47. The Labute approximate surface area is 173 Å². The number of likely N-dealkylation sites (N-methyl/N-ethyl adjacent to an activating group) is 1. The number of aromatic nitrogens is 1. The summed E-state index contributed by atoms with van der Waals surface area (Å²) < 4.78 is 0.976. The third-order valence-corrected chi connectivity index (χ3v) is 5.86. The zero-order valence-corrected chi connectivity index (χ0v) is 17.3. The van der Waals surface area contributed by atoms with Gasteiger partial charge < -0.3 is 4.90 Å². The van der Waals surface area contributed by atoms with Crippen LogP contribution in [0.4, 0.5) is 5.13 Å². The molecule has 4 nitrogen and oxygen atoms in total. The Morgan fingerprint density at radius 1 is 1.00 bits per heavy atom. The molecule has 0 atom stereocenters. The van der Waals surface area contributed by atoms with E-state index in [1.165, 1.54) is 11.3 Å². The van der Waals surface area contributed by atoms with Crippen LogP contribution in [0, 0.1) is 0 Å². The van der Waals surface area contributed by atoms with E-state index in [-0.39, 0.29) is 5.91 Å². The van der Waals surface area contributed by atoms with Crippen LogP contribution in [0.1, 0.15) is 10.4 Å². The van der Waals surface area contributed by atoms with Crippen molar-refractivity contribution in [1.29, 1.82) is 0 Å². The Kier molecular flexibility index (Phi) is 5.31. The van der Waals surface area contributed by atoms with Crippen molar-refractivity contribution in [3.05, 3.63) is 71.2 Å². The molecule has 28 heavy (non-hydrogen) atoms. The van der Waals surface area contributed by atoms with Crippen molar-refractivity contribution in [1.82, 2.24) is 9.88 Å². The first-order chi connectivity index (χ1) is 13.5. The molecule has 1 heterocycles. The number of amides is 1. The number of hydrogen-bond acceptors (Lipinski definition) is 4. The van der Waals surface area contributed by atoms with Crippen molar-refractivity contribution < 1.29 is 4.79 Å². The number of hydrogen-bond donors (Lipinski definition) is 0. The highest BCUT2D eigenvalue weighted by atomic mass is 35.5. The molecule has 1 aromatic heterocycles. The number of carbonyl (C=O) groups excluding carboxylic acids is 1. The minimum atomic E-state index is -0.0437. The third kappa shape index (κ3) is 3.87. The first kappa shape index (κ1) is 18.9. The van der Waals surface area contributed by atoms with Gasteiger partial charge in [-0.2, -0.15) is 0 Å². The van der Waals surface area contributed by atoms with Gasteiger partial charge in [-0.25, -0.2) is 4.98 Å². The summed E-state index contributed by atoms with van der Waals surface area (Å²) in [6.07, 6.45) is 0. The monoisotopic (exact) mass is 409 g/mol. The van der Waals surface area contributed by atoms with Gasteiger partial charge in [-0.05, 0) is 55.2 Å². The second kappa shape index (κ2) is 7.87. The number of nitrogens with zero attached hydrogens (tertiary/aromatic N) is 3. The molecule has 0 bridgehead atoms. The number of thiazole rings is 1. The van der Waals surface area contributed by atoms with E-state index in [0.29, 0.717) is 22.3 Å². The molecule has 0 unspecified atom stereocenters. The predicted molar refractivity (Wildman–Crippen MR) is 119 cm³/mol. The van der Waals surface area contributed by atoms with E-state index in [4.69, 9.17) is 11.6 Å². The molecule has 0 saturated carbocycles. The summed E-state index contributed by atoms with van der Waals surface area (Å²) in [5.74, 6) is -0.0437. The molecule has 0 radical (unpaired) electrons. The predicted octanol–water partition coefficient (Wildman–Crippen LogP) is 5.31. The van der Waals surface area contributed by atoms with Crippen molar-refractivity contribution in [2.45, 2.75) is 0 Å². The van der Waals surface area contributed by atoms with Crippen LogP contribution in [0.15, 0.2) is 60.7 Å². The van der Waals surface area contributed by atoms with Gasteiger partial charge in [0.2, 0.25) is 0 Å². The van der Waals surface area contributed by atoms with E-state index in [0.717, 1.165) is 27.5 Å². The topological polar surface area (TPSA) is 36.4 Å². The Balaban J connectivity index is 1.73. The van der Waals surface area contributed by atoms with Crippen LogP contribution in [0.5, 0.6) is 0 Å². The molecular formula is C22H20ClN3OS. The van der Waals surface area contributed by atoms with E-state index in [1.54, 1.807) is 4.90 Å². The molecule has 0 fully saturated rings. The highest BCUT2D eigenvalue weighted by Gasteiger charge is 2.21. The van der Waals surface area contributed by atoms with Gasteiger partial charge >= 0.3 is 0 Å². The largest absolute Gasteiger partial charge is 0.308 e. The van der Waals surface area contributed by atoms with Crippen molar-refractivity contribution in [2.75, 3.05) is 32.1 Å².